The Balaban J connectivity index is 1.58. The van der Waals surface area contributed by atoms with Crippen LogP contribution in [-0.4, -0.2) is 25.8 Å². The van der Waals surface area contributed by atoms with Crippen molar-refractivity contribution < 1.29 is 9.53 Å². The van der Waals surface area contributed by atoms with Gasteiger partial charge in [0.25, 0.3) is 0 Å². The lowest BCUT2D eigenvalue weighted by Gasteiger charge is -2.05. The zero-order chi connectivity index (χ0) is 16.6. The van der Waals surface area contributed by atoms with E-state index in [0.717, 1.165) is 0 Å². The predicted molar refractivity (Wildman–Crippen MR) is 88.2 cm³/mol. The van der Waals surface area contributed by atoms with E-state index in [1.807, 2.05) is 0 Å². The van der Waals surface area contributed by atoms with Crippen molar-refractivity contribution in [3.8, 4) is 11.8 Å². The number of amides is 1. The molecule has 0 bridgehead atoms. The summed E-state index contributed by atoms with van der Waals surface area (Å²) < 4.78 is 5.48. The number of nitrogens with one attached hydrogen (secondary N) is 1. The van der Waals surface area contributed by atoms with Gasteiger partial charge in [-0.1, -0.05) is 0 Å². The van der Waals surface area contributed by atoms with Gasteiger partial charge in [-0.15, -0.1) is 0 Å². The number of ether oxygens (including phenoxy) is 1. The van der Waals surface area contributed by atoms with Gasteiger partial charge in [-0.3, -0.25) is 14.8 Å². The van der Waals surface area contributed by atoms with Gasteiger partial charge in [0.2, 0.25) is 5.91 Å². The third kappa shape index (κ3) is 4.44. The third-order valence-corrected chi connectivity index (χ3v) is 2.86. The third-order valence-electron chi connectivity index (χ3n) is 2.86. The molecule has 0 radical (unpaired) electrons. The summed E-state index contributed by atoms with van der Waals surface area (Å²) in [4.78, 5) is 27.8. The number of hydrogen-bond acceptors (Lipinski definition) is 6. The summed E-state index contributed by atoms with van der Waals surface area (Å²) in [5, 5.41) is 2.74. The van der Waals surface area contributed by atoms with Crippen LogP contribution in [-0.2, 0) is 4.79 Å². The van der Waals surface area contributed by atoms with Gasteiger partial charge in [-0.25, -0.2) is 9.97 Å². The number of anilines is 1. The highest BCUT2D eigenvalue weighted by Crippen LogP contribution is 2.19. The molecular weight excluding hydrogens is 306 g/mol. The van der Waals surface area contributed by atoms with E-state index in [2.05, 4.69) is 25.3 Å². The van der Waals surface area contributed by atoms with Gasteiger partial charge in [0, 0.05) is 36.6 Å². The SMILES string of the molecule is O=C(C=Cc1cnccn1)Nc1ccc(Oc2ncccn2)cc1. The number of aromatic nitrogens is 4. The number of nitrogens with zero attached hydrogens (tertiary/aromatic N) is 4. The van der Waals surface area contributed by atoms with Crippen LogP contribution in [0.25, 0.3) is 6.08 Å². The maximum absolute atomic E-state index is 11.9. The first kappa shape index (κ1) is 15.3. The molecule has 0 aliphatic carbocycles. The van der Waals surface area contributed by atoms with Crippen LogP contribution in [0, 0.1) is 0 Å². The van der Waals surface area contributed by atoms with E-state index in [4.69, 9.17) is 4.74 Å². The summed E-state index contributed by atoms with van der Waals surface area (Å²) in [6.45, 7) is 0. The number of rotatable bonds is 5. The largest absolute Gasteiger partial charge is 0.424 e. The first-order chi connectivity index (χ1) is 11.8. The van der Waals surface area contributed by atoms with E-state index in [1.54, 1.807) is 67.4 Å². The molecule has 0 saturated heterocycles. The van der Waals surface area contributed by atoms with E-state index in [1.165, 1.54) is 6.08 Å². The molecule has 3 rings (SSSR count). The molecule has 2 aromatic heterocycles. The highest BCUT2D eigenvalue weighted by molar-refractivity contribution is 6.01. The van der Waals surface area contributed by atoms with Gasteiger partial charge in [0.15, 0.2) is 0 Å². The molecule has 1 amide bonds. The highest BCUT2D eigenvalue weighted by Gasteiger charge is 2.01. The second-order valence-electron chi connectivity index (χ2n) is 4.61. The molecule has 0 aliphatic rings. The van der Waals surface area contributed by atoms with Crippen molar-refractivity contribution >= 4 is 17.7 Å². The topological polar surface area (TPSA) is 89.9 Å². The van der Waals surface area contributed by atoms with Crippen molar-refractivity contribution in [3.63, 3.8) is 0 Å². The standard InChI is InChI=1S/C17H13N5O2/c23-16(7-4-14-12-18-10-11-19-14)22-13-2-5-15(6-3-13)24-17-20-8-1-9-21-17/h1-12H,(H,22,23). The Morgan fingerprint density at radius 2 is 1.79 bits per heavy atom. The van der Waals surface area contributed by atoms with Crippen molar-refractivity contribution in [2.24, 2.45) is 0 Å². The second-order valence-corrected chi connectivity index (χ2v) is 4.61. The van der Waals surface area contributed by atoms with Crippen molar-refractivity contribution in [1.29, 1.82) is 0 Å². The van der Waals surface area contributed by atoms with E-state index in [0.29, 0.717) is 17.1 Å². The molecule has 7 heteroatoms. The Hall–Kier alpha value is -3.61. The zero-order valence-corrected chi connectivity index (χ0v) is 12.5. The molecule has 24 heavy (non-hydrogen) atoms. The van der Waals surface area contributed by atoms with Gasteiger partial charge >= 0.3 is 6.01 Å². The van der Waals surface area contributed by atoms with E-state index in [-0.39, 0.29) is 11.9 Å². The first-order valence-electron chi connectivity index (χ1n) is 7.09. The normalized spacial score (nSPS) is 10.5. The monoisotopic (exact) mass is 319 g/mol. The van der Waals surface area contributed by atoms with E-state index in [9.17, 15) is 4.79 Å². The number of hydrogen-bond donors (Lipinski definition) is 1. The van der Waals surface area contributed by atoms with Crippen molar-refractivity contribution in [3.05, 3.63) is 73.1 Å². The van der Waals surface area contributed by atoms with Crippen molar-refractivity contribution in [2.45, 2.75) is 0 Å². The number of carbonyl (C=O) groups excluding carboxylic acids is 1. The minimum Gasteiger partial charge on any atom is -0.424 e. The first-order valence-corrected chi connectivity index (χ1v) is 7.09. The molecule has 7 nitrogen and oxygen atoms in total. The summed E-state index contributed by atoms with van der Waals surface area (Å²) >= 11 is 0. The van der Waals surface area contributed by atoms with E-state index < -0.39 is 0 Å². The van der Waals surface area contributed by atoms with Gasteiger partial charge in [-0.05, 0) is 36.4 Å². The molecule has 0 fully saturated rings. The minimum absolute atomic E-state index is 0.263. The minimum atomic E-state index is -0.263. The Bertz CT molecular complexity index is 821. The fourth-order valence-corrected chi connectivity index (χ4v) is 1.79. The smallest absolute Gasteiger partial charge is 0.321 e. The Morgan fingerprint density at radius 1 is 1.00 bits per heavy atom. The fraction of sp³-hybridized carbons (Fsp3) is 0. The fourth-order valence-electron chi connectivity index (χ4n) is 1.79. The molecule has 1 N–H and O–H groups in total. The maximum Gasteiger partial charge on any atom is 0.321 e. The lowest BCUT2D eigenvalue weighted by Crippen LogP contribution is -2.07. The average molecular weight is 319 g/mol. The molecule has 2 heterocycles. The lowest BCUT2D eigenvalue weighted by molar-refractivity contribution is -0.111. The van der Waals surface area contributed by atoms with Crippen LogP contribution >= 0.6 is 0 Å². The van der Waals surface area contributed by atoms with Crippen LogP contribution in [0.3, 0.4) is 0 Å². The molecule has 1 aromatic carbocycles. The Kier molecular flexibility index (Phi) is 4.84. The molecule has 0 spiro atoms. The predicted octanol–water partition coefficient (Wildman–Crippen LogP) is 2.71. The second kappa shape index (κ2) is 7.59. The maximum atomic E-state index is 11.9. The summed E-state index contributed by atoms with van der Waals surface area (Å²) in [5.74, 6) is 0.315. The van der Waals surface area contributed by atoms with Crippen LogP contribution in [0.2, 0.25) is 0 Å². The molecule has 0 unspecified atom stereocenters. The summed E-state index contributed by atoms with van der Waals surface area (Å²) in [6.07, 6.45) is 10.9. The van der Waals surface area contributed by atoms with Crippen LogP contribution in [0.15, 0.2) is 67.4 Å². The lowest BCUT2D eigenvalue weighted by atomic mass is 10.3. The quantitative estimate of drug-likeness (QED) is 0.727. The highest BCUT2D eigenvalue weighted by atomic mass is 16.5. The van der Waals surface area contributed by atoms with Crippen LogP contribution in [0.1, 0.15) is 5.69 Å². The van der Waals surface area contributed by atoms with Gasteiger partial charge in [0.05, 0.1) is 11.9 Å². The summed E-state index contributed by atoms with van der Waals surface area (Å²) in [7, 11) is 0. The average Bonchev–Trinajstić information content (AvgIpc) is 2.63. The molecule has 0 saturated carbocycles. The molecule has 3 aromatic rings. The Labute approximate surface area is 138 Å². The van der Waals surface area contributed by atoms with Gasteiger partial charge in [-0.2, -0.15) is 0 Å². The van der Waals surface area contributed by atoms with Crippen LogP contribution in [0.4, 0.5) is 5.69 Å². The molecule has 0 aliphatic heterocycles. The van der Waals surface area contributed by atoms with Gasteiger partial charge < -0.3 is 10.1 Å². The Morgan fingerprint density at radius 3 is 2.50 bits per heavy atom. The van der Waals surface area contributed by atoms with E-state index >= 15 is 0 Å². The molecular formula is C17H13N5O2. The van der Waals surface area contributed by atoms with Crippen molar-refractivity contribution in [1.82, 2.24) is 19.9 Å². The number of carbonyl (C=O) groups is 1. The summed E-state index contributed by atoms with van der Waals surface area (Å²) in [6, 6.07) is 8.87. The zero-order valence-electron chi connectivity index (χ0n) is 12.5. The van der Waals surface area contributed by atoms with Gasteiger partial charge in [0.1, 0.15) is 5.75 Å². The van der Waals surface area contributed by atoms with Crippen LogP contribution < -0.4 is 10.1 Å². The molecule has 118 valence electrons. The number of benzene rings is 1. The van der Waals surface area contributed by atoms with Crippen molar-refractivity contribution in [2.75, 3.05) is 5.32 Å². The summed E-state index contributed by atoms with van der Waals surface area (Å²) in [5.41, 5.74) is 1.25. The molecule has 0 atom stereocenters. The van der Waals surface area contributed by atoms with Crippen LogP contribution in [0.5, 0.6) is 11.8 Å².